The molecule has 3 rings (SSSR count). The summed E-state index contributed by atoms with van der Waals surface area (Å²) in [7, 11) is 1.61. The molecule has 1 unspecified atom stereocenters. The molecule has 0 fully saturated rings. The third-order valence-electron chi connectivity index (χ3n) is 4.41. The number of methoxy groups -OCH3 is 1. The third-order valence-corrected chi connectivity index (χ3v) is 4.41. The van der Waals surface area contributed by atoms with Gasteiger partial charge in [-0.15, -0.1) is 0 Å². The van der Waals surface area contributed by atoms with E-state index in [1.807, 2.05) is 12.1 Å². The van der Waals surface area contributed by atoms with Gasteiger partial charge in [0.15, 0.2) is 0 Å². The summed E-state index contributed by atoms with van der Waals surface area (Å²) in [6, 6.07) is 18.8. The Bertz CT molecular complexity index is 941. The molecule has 3 nitrogen and oxygen atoms in total. The summed E-state index contributed by atoms with van der Waals surface area (Å²) < 4.78 is 32.3. The van der Waals surface area contributed by atoms with Crippen LogP contribution in [0.1, 0.15) is 33.1 Å². The van der Waals surface area contributed by atoms with Crippen LogP contribution < -0.4 is 5.32 Å². The molecule has 0 aliphatic carbocycles. The number of ether oxygens (including phenoxy) is 1. The van der Waals surface area contributed by atoms with Crippen LogP contribution in [0.4, 0.5) is 8.78 Å². The van der Waals surface area contributed by atoms with Gasteiger partial charge in [-0.25, -0.2) is 8.78 Å². The van der Waals surface area contributed by atoms with Gasteiger partial charge in [0, 0.05) is 12.7 Å². The summed E-state index contributed by atoms with van der Waals surface area (Å²) >= 11 is 0. The molecule has 0 saturated carbocycles. The third kappa shape index (κ3) is 5.24. The highest BCUT2D eigenvalue weighted by molar-refractivity contribution is 5.94. The van der Waals surface area contributed by atoms with E-state index >= 15 is 0 Å². The predicted molar refractivity (Wildman–Crippen MR) is 104 cm³/mol. The van der Waals surface area contributed by atoms with Crippen LogP contribution >= 0.6 is 0 Å². The Morgan fingerprint density at radius 3 is 2.25 bits per heavy atom. The van der Waals surface area contributed by atoms with Gasteiger partial charge in [-0.05, 0) is 59.5 Å². The summed E-state index contributed by atoms with van der Waals surface area (Å²) in [6.07, 6.45) is 0.342. The predicted octanol–water partition coefficient (Wildman–Crippen LogP) is 4.83. The lowest BCUT2D eigenvalue weighted by atomic mass is 9.98. The van der Waals surface area contributed by atoms with E-state index < -0.39 is 6.04 Å². The van der Waals surface area contributed by atoms with E-state index in [2.05, 4.69) is 5.32 Å². The Labute approximate surface area is 163 Å². The average Bonchev–Trinajstić information content (AvgIpc) is 2.68. The SMILES string of the molecule is COCc1ccc(C(=O)NC(Cc2cccc(F)c2)c2cccc(F)c2)cc1. The minimum Gasteiger partial charge on any atom is -0.380 e. The Morgan fingerprint density at radius 1 is 0.929 bits per heavy atom. The molecule has 1 atom stereocenters. The molecule has 0 aromatic heterocycles. The fraction of sp³-hybridized carbons (Fsp3) is 0.174. The zero-order chi connectivity index (χ0) is 19.9. The summed E-state index contributed by atoms with van der Waals surface area (Å²) in [5.74, 6) is -1.02. The Kier molecular flexibility index (Phi) is 6.50. The molecule has 28 heavy (non-hydrogen) atoms. The van der Waals surface area contributed by atoms with Crippen molar-refractivity contribution in [2.24, 2.45) is 0 Å². The maximum Gasteiger partial charge on any atom is 0.251 e. The van der Waals surface area contributed by atoms with Crippen LogP contribution in [0.25, 0.3) is 0 Å². The van der Waals surface area contributed by atoms with Gasteiger partial charge in [-0.2, -0.15) is 0 Å². The second-order valence-corrected chi connectivity index (χ2v) is 6.55. The minimum absolute atomic E-state index is 0.283. The first-order valence-corrected chi connectivity index (χ1v) is 8.94. The first kappa shape index (κ1) is 19.7. The summed E-state index contributed by atoms with van der Waals surface area (Å²) in [5, 5.41) is 2.94. The van der Waals surface area contributed by atoms with Crippen molar-refractivity contribution in [2.75, 3.05) is 7.11 Å². The summed E-state index contributed by atoms with van der Waals surface area (Å²) in [5.41, 5.74) is 2.78. The van der Waals surface area contributed by atoms with Crippen LogP contribution in [0.5, 0.6) is 0 Å². The van der Waals surface area contributed by atoms with Crippen molar-refractivity contribution < 1.29 is 18.3 Å². The van der Waals surface area contributed by atoms with Gasteiger partial charge in [0.25, 0.3) is 5.91 Å². The van der Waals surface area contributed by atoms with Crippen LogP contribution in [-0.4, -0.2) is 13.0 Å². The standard InChI is InChI=1S/C23H21F2NO2/c1-28-15-16-8-10-18(11-9-16)23(27)26-22(19-5-3-7-21(25)14-19)13-17-4-2-6-20(24)12-17/h2-12,14,22H,13,15H2,1H3,(H,26,27). The maximum atomic E-state index is 13.7. The van der Waals surface area contributed by atoms with Gasteiger partial charge in [-0.3, -0.25) is 4.79 Å². The first-order chi connectivity index (χ1) is 13.5. The quantitative estimate of drug-likeness (QED) is 0.637. The second-order valence-electron chi connectivity index (χ2n) is 6.55. The smallest absolute Gasteiger partial charge is 0.251 e. The van der Waals surface area contributed by atoms with E-state index in [0.717, 1.165) is 5.56 Å². The molecule has 144 valence electrons. The van der Waals surface area contributed by atoms with Crippen molar-refractivity contribution in [3.63, 3.8) is 0 Å². The van der Waals surface area contributed by atoms with Crippen molar-refractivity contribution in [1.29, 1.82) is 0 Å². The zero-order valence-electron chi connectivity index (χ0n) is 15.5. The van der Waals surface area contributed by atoms with Crippen LogP contribution in [0.2, 0.25) is 0 Å². The number of carbonyl (C=O) groups excluding carboxylic acids is 1. The van der Waals surface area contributed by atoms with Gasteiger partial charge in [0.05, 0.1) is 12.6 Å². The molecule has 0 heterocycles. The largest absolute Gasteiger partial charge is 0.380 e. The molecule has 0 aliphatic heterocycles. The van der Waals surface area contributed by atoms with Crippen LogP contribution in [-0.2, 0) is 17.8 Å². The van der Waals surface area contributed by atoms with E-state index in [0.29, 0.717) is 29.7 Å². The van der Waals surface area contributed by atoms with E-state index in [-0.39, 0.29) is 17.5 Å². The molecule has 5 heteroatoms. The molecular formula is C23H21F2NO2. The highest BCUT2D eigenvalue weighted by Crippen LogP contribution is 2.21. The van der Waals surface area contributed by atoms with Crippen molar-refractivity contribution in [3.05, 3.63) is 107 Å². The van der Waals surface area contributed by atoms with Crippen molar-refractivity contribution >= 4 is 5.91 Å². The fourth-order valence-electron chi connectivity index (χ4n) is 3.04. The summed E-state index contributed by atoms with van der Waals surface area (Å²) in [4.78, 5) is 12.7. The fourth-order valence-corrected chi connectivity index (χ4v) is 3.04. The van der Waals surface area contributed by atoms with Crippen LogP contribution in [0.15, 0.2) is 72.8 Å². The Hall–Kier alpha value is -3.05. The Morgan fingerprint density at radius 2 is 1.61 bits per heavy atom. The lowest BCUT2D eigenvalue weighted by molar-refractivity contribution is 0.0936. The zero-order valence-corrected chi connectivity index (χ0v) is 15.5. The highest BCUT2D eigenvalue weighted by atomic mass is 19.1. The lowest BCUT2D eigenvalue weighted by Crippen LogP contribution is -2.30. The molecule has 0 spiro atoms. The van der Waals surface area contributed by atoms with E-state index in [4.69, 9.17) is 4.74 Å². The van der Waals surface area contributed by atoms with Gasteiger partial charge in [-0.1, -0.05) is 36.4 Å². The van der Waals surface area contributed by atoms with Gasteiger partial charge in [0.2, 0.25) is 0 Å². The highest BCUT2D eigenvalue weighted by Gasteiger charge is 2.17. The molecule has 0 radical (unpaired) electrons. The van der Waals surface area contributed by atoms with Crippen molar-refractivity contribution in [2.45, 2.75) is 19.1 Å². The number of hydrogen-bond acceptors (Lipinski definition) is 2. The monoisotopic (exact) mass is 381 g/mol. The average molecular weight is 381 g/mol. The van der Waals surface area contributed by atoms with E-state index in [9.17, 15) is 13.6 Å². The Balaban J connectivity index is 1.82. The maximum absolute atomic E-state index is 13.7. The van der Waals surface area contributed by atoms with Gasteiger partial charge < -0.3 is 10.1 Å². The lowest BCUT2D eigenvalue weighted by Gasteiger charge is -2.20. The molecule has 3 aromatic rings. The number of halogens is 2. The molecule has 1 N–H and O–H groups in total. The normalized spacial score (nSPS) is 11.8. The van der Waals surface area contributed by atoms with Crippen LogP contribution in [0, 0.1) is 11.6 Å². The second kappa shape index (κ2) is 9.24. The van der Waals surface area contributed by atoms with Gasteiger partial charge >= 0.3 is 0 Å². The number of benzene rings is 3. The van der Waals surface area contributed by atoms with Crippen molar-refractivity contribution in [1.82, 2.24) is 5.32 Å². The first-order valence-electron chi connectivity index (χ1n) is 8.94. The molecule has 1 amide bonds. The molecular weight excluding hydrogens is 360 g/mol. The van der Waals surface area contributed by atoms with E-state index in [1.165, 1.54) is 24.3 Å². The topological polar surface area (TPSA) is 38.3 Å². The minimum atomic E-state index is -0.497. The number of hydrogen-bond donors (Lipinski definition) is 1. The molecule has 3 aromatic carbocycles. The molecule has 0 aliphatic rings. The van der Waals surface area contributed by atoms with E-state index in [1.54, 1.807) is 43.5 Å². The molecule has 0 bridgehead atoms. The molecule has 0 saturated heterocycles. The van der Waals surface area contributed by atoms with Gasteiger partial charge in [0.1, 0.15) is 11.6 Å². The number of carbonyl (C=O) groups is 1. The van der Waals surface area contributed by atoms with Crippen LogP contribution in [0.3, 0.4) is 0 Å². The number of nitrogens with one attached hydrogen (secondary N) is 1. The number of amides is 1. The van der Waals surface area contributed by atoms with Crippen molar-refractivity contribution in [3.8, 4) is 0 Å². The summed E-state index contributed by atoms with van der Waals surface area (Å²) in [6.45, 7) is 0.466. The number of rotatable bonds is 7.